The van der Waals surface area contributed by atoms with E-state index in [1.807, 2.05) is 0 Å². The molecule has 0 saturated carbocycles. The molecule has 0 atom stereocenters. The molecule has 0 aromatic carbocycles. The molecule has 0 unspecified atom stereocenters. The van der Waals surface area contributed by atoms with Crippen molar-refractivity contribution in [2.75, 3.05) is 12.9 Å². The van der Waals surface area contributed by atoms with Gasteiger partial charge in [0.1, 0.15) is 7.11 Å². The predicted octanol–water partition coefficient (Wildman–Crippen LogP) is 0.548. The Kier molecular flexibility index (Phi) is 4.68. The van der Waals surface area contributed by atoms with E-state index in [2.05, 4.69) is 22.6 Å². The van der Waals surface area contributed by atoms with E-state index in [1.54, 1.807) is 6.21 Å². The topological polar surface area (TPSA) is 21.6 Å². The van der Waals surface area contributed by atoms with E-state index in [0.717, 1.165) is 0 Å². The first-order valence-electron chi connectivity index (χ1n) is 1.57. The Labute approximate surface area is 42.6 Å². The van der Waals surface area contributed by atoms with E-state index in [-0.39, 0.29) is 0 Å². The van der Waals surface area contributed by atoms with E-state index in [4.69, 9.17) is 0 Å². The maximum Gasteiger partial charge on any atom is 0.106 e. The van der Waals surface area contributed by atoms with Crippen molar-refractivity contribution in [2.24, 2.45) is 5.16 Å². The summed E-state index contributed by atoms with van der Waals surface area (Å²) in [5, 5.41) is 3.39. The summed E-state index contributed by atoms with van der Waals surface area (Å²) >= 11 is 3.83. The van der Waals surface area contributed by atoms with Crippen molar-refractivity contribution in [2.45, 2.75) is 0 Å². The molecule has 0 aliphatic carbocycles. The first kappa shape index (κ1) is 5.82. The number of rotatable bonds is 2. The average molecular weight is 105 g/mol. The molecule has 6 heavy (non-hydrogen) atoms. The Morgan fingerprint density at radius 2 is 2.67 bits per heavy atom. The van der Waals surface area contributed by atoms with Crippen LogP contribution in [0.3, 0.4) is 0 Å². The van der Waals surface area contributed by atoms with Crippen molar-refractivity contribution < 1.29 is 4.84 Å². The number of nitrogens with zero attached hydrogens (tertiary/aromatic N) is 1. The van der Waals surface area contributed by atoms with Gasteiger partial charge in [-0.15, -0.1) is 0 Å². The van der Waals surface area contributed by atoms with Crippen LogP contribution in [0.5, 0.6) is 0 Å². The van der Waals surface area contributed by atoms with Crippen LogP contribution < -0.4 is 0 Å². The quantitative estimate of drug-likeness (QED) is 0.309. The number of hydrogen-bond acceptors (Lipinski definition) is 3. The highest BCUT2D eigenvalue weighted by Crippen LogP contribution is 1.66. The summed E-state index contributed by atoms with van der Waals surface area (Å²) in [4.78, 5) is 4.30. The molecule has 0 saturated heterocycles. The van der Waals surface area contributed by atoms with Crippen LogP contribution >= 0.6 is 12.6 Å². The highest BCUT2D eigenvalue weighted by Gasteiger charge is 1.60. The fraction of sp³-hybridized carbons (Fsp3) is 0.667. The Bertz CT molecular complexity index is 40.1. The molecule has 36 valence electrons. The lowest BCUT2D eigenvalue weighted by atomic mass is 10.9. The van der Waals surface area contributed by atoms with E-state index in [0.29, 0.717) is 5.75 Å². The van der Waals surface area contributed by atoms with E-state index >= 15 is 0 Å². The zero-order valence-corrected chi connectivity index (χ0v) is 4.48. The lowest BCUT2D eigenvalue weighted by molar-refractivity contribution is 0.215. The maximum absolute atomic E-state index is 4.30. The van der Waals surface area contributed by atoms with Crippen molar-refractivity contribution in [3.05, 3.63) is 0 Å². The highest BCUT2D eigenvalue weighted by atomic mass is 32.1. The maximum atomic E-state index is 4.30. The minimum absolute atomic E-state index is 0.633. The van der Waals surface area contributed by atoms with Gasteiger partial charge in [0, 0.05) is 5.75 Å². The second-order valence-corrected chi connectivity index (χ2v) is 1.02. The Morgan fingerprint density at radius 1 is 2.00 bits per heavy atom. The zero-order valence-electron chi connectivity index (χ0n) is 3.59. The summed E-state index contributed by atoms with van der Waals surface area (Å²) in [6.45, 7) is 0. The van der Waals surface area contributed by atoms with E-state index in [1.165, 1.54) is 7.11 Å². The molecular weight excluding hydrogens is 98.1 g/mol. The smallest absolute Gasteiger partial charge is 0.106 e. The number of oxime groups is 1. The molecule has 0 radical (unpaired) electrons. The van der Waals surface area contributed by atoms with Crippen LogP contribution in [-0.2, 0) is 4.84 Å². The molecule has 0 amide bonds. The van der Waals surface area contributed by atoms with Crippen LogP contribution in [0.2, 0.25) is 0 Å². The van der Waals surface area contributed by atoms with Gasteiger partial charge in [-0.2, -0.15) is 12.6 Å². The van der Waals surface area contributed by atoms with Crippen molar-refractivity contribution in [3.8, 4) is 0 Å². The molecule has 0 aromatic rings. The van der Waals surface area contributed by atoms with Crippen LogP contribution in [0.1, 0.15) is 0 Å². The lowest BCUT2D eigenvalue weighted by Crippen LogP contribution is -1.73. The van der Waals surface area contributed by atoms with Crippen LogP contribution in [0, 0.1) is 0 Å². The summed E-state index contributed by atoms with van der Waals surface area (Å²) in [5.41, 5.74) is 0. The Hall–Kier alpha value is -0.180. The zero-order chi connectivity index (χ0) is 4.83. The number of thiol groups is 1. The van der Waals surface area contributed by atoms with Crippen molar-refractivity contribution in [1.82, 2.24) is 0 Å². The summed E-state index contributed by atoms with van der Waals surface area (Å²) in [5.74, 6) is 0.633. The third-order valence-corrected chi connectivity index (χ3v) is 0.425. The average Bonchev–Trinajstić information content (AvgIpc) is 1.61. The van der Waals surface area contributed by atoms with Gasteiger partial charge < -0.3 is 4.84 Å². The monoisotopic (exact) mass is 105 g/mol. The van der Waals surface area contributed by atoms with Gasteiger partial charge >= 0.3 is 0 Å². The fourth-order valence-corrected chi connectivity index (χ4v) is 0.175. The molecule has 0 rings (SSSR count). The van der Waals surface area contributed by atoms with E-state index < -0.39 is 0 Å². The SMILES string of the molecule is CO/N=C/CS. The molecule has 0 fully saturated rings. The summed E-state index contributed by atoms with van der Waals surface area (Å²) < 4.78 is 0. The lowest BCUT2D eigenvalue weighted by Gasteiger charge is -1.78. The second-order valence-electron chi connectivity index (χ2n) is 0.653. The van der Waals surface area contributed by atoms with Crippen molar-refractivity contribution in [3.63, 3.8) is 0 Å². The molecule has 0 aliphatic rings. The largest absolute Gasteiger partial charge is 0.399 e. The minimum Gasteiger partial charge on any atom is -0.399 e. The minimum atomic E-state index is 0.633. The number of hydrogen-bond donors (Lipinski definition) is 1. The van der Waals surface area contributed by atoms with Crippen molar-refractivity contribution in [1.29, 1.82) is 0 Å². The molecule has 3 heteroatoms. The fourth-order valence-electron chi connectivity index (χ4n) is 0.108. The van der Waals surface area contributed by atoms with Crippen LogP contribution in [-0.4, -0.2) is 19.1 Å². The van der Waals surface area contributed by atoms with Crippen molar-refractivity contribution >= 4 is 18.8 Å². The predicted molar refractivity (Wildman–Crippen MR) is 29.4 cm³/mol. The summed E-state index contributed by atoms with van der Waals surface area (Å²) in [7, 11) is 1.50. The Morgan fingerprint density at radius 3 is 2.83 bits per heavy atom. The molecule has 0 aromatic heterocycles. The molecule has 0 heterocycles. The summed E-state index contributed by atoms with van der Waals surface area (Å²) in [6, 6.07) is 0. The van der Waals surface area contributed by atoms with Gasteiger partial charge in [0.05, 0.1) is 6.21 Å². The van der Waals surface area contributed by atoms with Gasteiger partial charge in [0.2, 0.25) is 0 Å². The van der Waals surface area contributed by atoms with E-state index in [9.17, 15) is 0 Å². The molecular formula is C3H7NOS. The molecule has 0 N–H and O–H groups in total. The summed E-state index contributed by atoms with van der Waals surface area (Å²) in [6.07, 6.45) is 1.57. The van der Waals surface area contributed by atoms with Gasteiger partial charge in [-0.3, -0.25) is 0 Å². The second kappa shape index (κ2) is 4.82. The van der Waals surface area contributed by atoms with Crippen LogP contribution in [0.25, 0.3) is 0 Å². The molecule has 0 spiro atoms. The highest BCUT2D eigenvalue weighted by molar-refractivity contribution is 7.80. The first-order chi connectivity index (χ1) is 2.91. The molecule has 0 aliphatic heterocycles. The van der Waals surface area contributed by atoms with Gasteiger partial charge in [-0.05, 0) is 0 Å². The Balaban J connectivity index is 2.73. The van der Waals surface area contributed by atoms with Gasteiger partial charge in [-0.1, -0.05) is 5.16 Å². The third-order valence-electron chi connectivity index (χ3n) is 0.262. The van der Waals surface area contributed by atoms with Gasteiger partial charge in [-0.25, -0.2) is 0 Å². The van der Waals surface area contributed by atoms with Crippen LogP contribution in [0.15, 0.2) is 5.16 Å². The first-order valence-corrected chi connectivity index (χ1v) is 2.21. The molecule has 0 bridgehead atoms. The van der Waals surface area contributed by atoms with Gasteiger partial charge in [0.25, 0.3) is 0 Å². The molecule has 2 nitrogen and oxygen atoms in total. The third kappa shape index (κ3) is 3.82. The standard InChI is InChI=1S/C3H7NOS/c1-5-4-2-3-6/h2,6H,3H2,1H3/b4-2+. The van der Waals surface area contributed by atoms with Crippen LogP contribution in [0.4, 0.5) is 0 Å². The van der Waals surface area contributed by atoms with Gasteiger partial charge in [0.15, 0.2) is 0 Å². The normalized spacial score (nSPS) is 9.67.